The number of carbonyl (C=O) groups excluding carboxylic acids is 10. The zero-order chi connectivity index (χ0) is 82.0. The minimum atomic E-state index is -1.01. The van der Waals surface area contributed by atoms with E-state index < -0.39 is 59.3 Å². The fourth-order valence-corrected chi connectivity index (χ4v) is 18.4. The summed E-state index contributed by atoms with van der Waals surface area (Å²) in [5, 5.41) is 12.4. The standard InChI is InChI=1S/C44H43N7O8.C27H27N5O2.C18H20N2O6/c1-48-35-10-11-45-21-34(35)31-5-2-26(16-37(31)48)27-3-9-39(46-20-27)59-30-22-50(23-30)41(54)28-18-44(19-28)24-49(25-44)12-13-57-14-15-58-29-4-6-32-33(17-29)43(56)51(42(32)55)36-7-8-38(52)47-40(36)53;1-31-23-6-7-28-12-22(23)21-4-2-17(8-24(21)31)18-3-5-25(30-11-18)34-20-13-32(14-20)26(33)19-9-27(10-19)15-29-16-27;1-2-7-25-8-9-26-11-3-4-12-13(10-11)18(24)20(17(12)23)14-5-6-15(21)19-16(14)22/h2-6,9-11,16-17,20-21,28,30,36H,7-8,12-15,18-19,22-25H2,1H3,(H,47,52,53);2-8,11-12,19-20,29H,9-10,13-16H2,1H3;3-4,10,14H,2,5-9H2,1H3,(H,19,21,22). The van der Waals surface area contributed by atoms with Crippen molar-refractivity contribution in [1.29, 1.82) is 0 Å². The van der Waals surface area contributed by atoms with E-state index in [2.05, 4.69) is 106 Å². The van der Waals surface area contributed by atoms with Gasteiger partial charge in [0.1, 0.15) is 49.0 Å². The molecular weight excluding hydrogens is 1520 g/mol. The molecule has 0 bridgehead atoms. The Balaban J connectivity index is 0.000000136. The van der Waals surface area contributed by atoms with Crippen LogP contribution in [0, 0.1) is 22.7 Å². The molecule has 10 amide bonds. The predicted octanol–water partition coefficient (Wildman–Crippen LogP) is 7.86. The first-order chi connectivity index (χ1) is 57.7. The van der Waals surface area contributed by atoms with Gasteiger partial charge < -0.3 is 52.7 Å². The number of fused-ring (bicyclic) bond motifs is 8. The summed E-state index contributed by atoms with van der Waals surface area (Å²) in [5.41, 5.74) is 10.4. The lowest BCUT2D eigenvalue weighted by Crippen LogP contribution is -2.66. The Hall–Kier alpha value is -12.4. The average Bonchev–Trinajstić information content (AvgIpc) is 1.73. The number of aromatic nitrogens is 6. The van der Waals surface area contributed by atoms with Crippen molar-refractivity contribution in [3.8, 4) is 45.5 Å². The SMILES string of the molecule is CCCOCCOc1ccc2c(c1)C(=O)N(C1CCC(=O)NC1=O)C2=O.Cn1c2ccncc2c2ccc(-c3ccc(OC4CN(C(=O)C5CC6(C5)CN(CCOCCOc5ccc7c(c5)C(=O)N(C5CCC(=O)NC5=O)C7=O)C6)C4)nc3)cc21.Cn1c2ccncc2c2ccc(-c3ccc(OC4CN(C(=O)C5CC6(CNC6)C5)C4)nc3)cc21. The molecule has 2 aliphatic carbocycles. The number of piperidine rings is 2. The molecule has 10 aromatic rings. The minimum Gasteiger partial charge on any atom is -0.491 e. The van der Waals surface area contributed by atoms with Crippen molar-refractivity contribution in [1.82, 2.24) is 69.5 Å². The van der Waals surface area contributed by atoms with Crippen LogP contribution < -0.4 is 34.9 Å². The number of ether oxygens (including phenoxy) is 6. The second-order valence-corrected chi connectivity index (χ2v) is 32.9. The molecule has 119 heavy (non-hydrogen) atoms. The highest BCUT2D eigenvalue weighted by Crippen LogP contribution is 2.53. The smallest absolute Gasteiger partial charge is 0.262 e. The third-order valence-electron chi connectivity index (χ3n) is 24.9. The summed E-state index contributed by atoms with van der Waals surface area (Å²) < 4.78 is 39.0. The zero-order valence-electron chi connectivity index (χ0n) is 66.2. The summed E-state index contributed by atoms with van der Waals surface area (Å²) in [6.45, 7) is 12.0. The number of likely N-dealkylation sites (tertiary alicyclic amines) is 3. The van der Waals surface area contributed by atoms with Crippen molar-refractivity contribution in [3.05, 3.63) is 169 Å². The number of nitrogens with one attached hydrogen (secondary N) is 3. The number of amides is 10. The Morgan fingerprint density at radius 3 is 1.34 bits per heavy atom. The van der Waals surface area contributed by atoms with E-state index >= 15 is 0 Å². The van der Waals surface area contributed by atoms with Crippen molar-refractivity contribution < 1.29 is 76.4 Å². The molecular formula is C89H90N14O16. The third kappa shape index (κ3) is 15.1. The second-order valence-electron chi connectivity index (χ2n) is 32.9. The van der Waals surface area contributed by atoms with Crippen LogP contribution in [0.25, 0.3) is 65.9 Å². The van der Waals surface area contributed by atoms with Gasteiger partial charge >= 0.3 is 0 Å². The van der Waals surface area contributed by atoms with Crippen LogP contribution in [0.1, 0.15) is 106 Å². The number of rotatable bonds is 23. The number of aryl methyl sites for hydroxylation is 2. The Kier molecular flexibility index (Phi) is 21.0. The maximum Gasteiger partial charge on any atom is 0.262 e. The zero-order valence-corrected chi connectivity index (χ0v) is 66.2. The van der Waals surface area contributed by atoms with Crippen molar-refractivity contribution >= 4 is 103 Å². The van der Waals surface area contributed by atoms with Gasteiger partial charge in [-0.2, -0.15) is 0 Å². The Labute approximate surface area is 683 Å². The molecule has 0 radical (unpaired) electrons. The van der Waals surface area contributed by atoms with E-state index in [1.807, 2.05) is 84.2 Å². The Bertz CT molecular complexity index is 5730. The van der Waals surface area contributed by atoms with Gasteiger partial charge in [0.2, 0.25) is 47.2 Å². The highest BCUT2D eigenvalue weighted by molar-refractivity contribution is 6.25. The Morgan fingerprint density at radius 2 is 0.908 bits per heavy atom. The lowest BCUT2D eigenvalue weighted by Gasteiger charge is -2.59. The number of nitrogens with zero attached hydrogens (tertiary/aromatic N) is 11. The van der Waals surface area contributed by atoms with Crippen LogP contribution in [0.5, 0.6) is 23.3 Å². The van der Waals surface area contributed by atoms with E-state index in [-0.39, 0.29) is 89.9 Å². The quantitative estimate of drug-likeness (QED) is 0.0405. The predicted molar refractivity (Wildman–Crippen MR) is 434 cm³/mol. The van der Waals surface area contributed by atoms with Gasteiger partial charge in [-0.3, -0.25) is 83.2 Å². The summed E-state index contributed by atoms with van der Waals surface area (Å²) >= 11 is 0. The van der Waals surface area contributed by atoms with Gasteiger partial charge in [-0.25, -0.2) is 9.97 Å². The maximum atomic E-state index is 13.2. The molecule has 8 fully saturated rings. The van der Waals surface area contributed by atoms with Gasteiger partial charge in [-0.05, 0) is 140 Å². The van der Waals surface area contributed by atoms with Gasteiger partial charge in [-0.15, -0.1) is 0 Å². The topological polar surface area (TPSA) is 340 Å². The molecule has 30 heteroatoms. The van der Waals surface area contributed by atoms with E-state index in [0.717, 1.165) is 113 Å². The summed E-state index contributed by atoms with van der Waals surface area (Å²) in [5.74, 6) is -1.41. The molecule has 2 unspecified atom stereocenters. The number of hydrogen-bond acceptors (Lipinski definition) is 22. The molecule has 6 saturated heterocycles. The van der Waals surface area contributed by atoms with Gasteiger partial charge in [0, 0.05) is 171 Å². The van der Waals surface area contributed by atoms with E-state index in [1.165, 1.54) is 51.5 Å². The fraction of sp³-hybridized carbons (Fsp3) is 0.393. The highest BCUT2D eigenvalue weighted by Gasteiger charge is 2.56. The van der Waals surface area contributed by atoms with Gasteiger partial charge in [0.05, 0.1) is 79.3 Å². The molecule has 20 rings (SSSR count). The molecule has 2 saturated carbocycles. The molecule has 2 atom stereocenters. The molecule has 3 N–H and O–H groups in total. The van der Waals surface area contributed by atoms with Crippen LogP contribution in [-0.4, -0.2) is 235 Å². The van der Waals surface area contributed by atoms with E-state index in [1.54, 1.807) is 12.1 Å². The number of imide groups is 4. The molecule has 612 valence electrons. The second kappa shape index (κ2) is 32.2. The van der Waals surface area contributed by atoms with Crippen molar-refractivity contribution in [3.63, 3.8) is 0 Å². The molecule has 10 aliphatic rings. The molecule has 14 heterocycles. The third-order valence-corrected chi connectivity index (χ3v) is 24.9. The van der Waals surface area contributed by atoms with Crippen LogP contribution in [0.4, 0.5) is 0 Å². The lowest BCUT2D eigenvalue weighted by molar-refractivity contribution is -0.163. The van der Waals surface area contributed by atoms with Gasteiger partial charge in [0.15, 0.2) is 0 Å². The first kappa shape index (κ1) is 77.8. The van der Waals surface area contributed by atoms with Crippen molar-refractivity contribution in [2.45, 2.75) is 89.0 Å². The largest absolute Gasteiger partial charge is 0.491 e. The first-order valence-electron chi connectivity index (χ1n) is 40.8. The number of hydrogen-bond donors (Lipinski definition) is 3. The van der Waals surface area contributed by atoms with E-state index in [4.69, 9.17) is 28.4 Å². The highest BCUT2D eigenvalue weighted by atomic mass is 16.5. The van der Waals surface area contributed by atoms with Gasteiger partial charge in [0.25, 0.3) is 23.6 Å². The van der Waals surface area contributed by atoms with E-state index in [9.17, 15) is 47.9 Å². The minimum absolute atomic E-state index is 0.0301. The van der Waals surface area contributed by atoms with E-state index in [0.29, 0.717) is 93.8 Å². The maximum absolute atomic E-state index is 13.2. The molecule has 2 spiro atoms. The summed E-state index contributed by atoms with van der Waals surface area (Å²) in [4.78, 5) is 150. The van der Waals surface area contributed by atoms with Crippen molar-refractivity contribution in [2.24, 2.45) is 36.8 Å². The fourth-order valence-electron chi connectivity index (χ4n) is 18.4. The normalized spacial score (nSPS) is 20.5. The molecule has 4 aromatic carbocycles. The monoisotopic (exact) mass is 1610 g/mol. The summed E-state index contributed by atoms with van der Waals surface area (Å²) in [7, 11) is 4.16. The average molecular weight is 1610 g/mol. The van der Waals surface area contributed by atoms with Crippen LogP contribution in [0.3, 0.4) is 0 Å². The van der Waals surface area contributed by atoms with Crippen LogP contribution in [0.15, 0.2) is 146 Å². The number of pyridine rings is 4. The molecule has 6 aromatic heterocycles. The number of carbonyl (C=O) groups is 10. The number of benzene rings is 4. The molecule has 30 nitrogen and oxygen atoms in total. The van der Waals surface area contributed by atoms with Gasteiger partial charge in [-0.1, -0.05) is 31.2 Å². The van der Waals surface area contributed by atoms with Crippen LogP contribution >= 0.6 is 0 Å². The first-order valence-corrected chi connectivity index (χ1v) is 40.8. The van der Waals surface area contributed by atoms with Crippen LogP contribution in [-0.2, 0) is 52.3 Å². The Morgan fingerprint density at radius 1 is 0.462 bits per heavy atom. The summed E-state index contributed by atoms with van der Waals surface area (Å²) in [6.07, 6.45) is 16.4. The lowest BCUT2D eigenvalue weighted by atomic mass is 9.57. The summed E-state index contributed by atoms with van der Waals surface area (Å²) in [6, 6.07) is 32.2. The van der Waals surface area contributed by atoms with Crippen molar-refractivity contribution in [2.75, 3.05) is 98.5 Å². The van der Waals surface area contributed by atoms with Crippen LogP contribution in [0.2, 0.25) is 0 Å². The molecule has 8 aliphatic heterocycles.